The van der Waals surface area contributed by atoms with E-state index >= 15 is 0 Å². The van der Waals surface area contributed by atoms with Crippen LogP contribution >= 0.6 is 11.6 Å². The van der Waals surface area contributed by atoms with Crippen molar-refractivity contribution in [3.63, 3.8) is 0 Å². The van der Waals surface area contributed by atoms with Gasteiger partial charge in [0.2, 0.25) is 11.6 Å². The summed E-state index contributed by atoms with van der Waals surface area (Å²) in [5.74, 6) is 1.82. The lowest BCUT2D eigenvalue weighted by Crippen LogP contribution is -2.15. The van der Waals surface area contributed by atoms with Crippen LogP contribution in [-0.4, -0.2) is 47.2 Å². The Morgan fingerprint density at radius 1 is 1.14 bits per heavy atom. The summed E-state index contributed by atoms with van der Waals surface area (Å²) in [6.45, 7) is 1.90. The molecule has 2 heterocycles. The number of rotatable bonds is 8. The number of anilines is 2. The van der Waals surface area contributed by atoms with Gasteiger partial charge in [-0.15, -0.1) is 5.10 Å². The van der Waals surface area contributed by atoms with Crippen LogP contribution in [0.2, 0.25) is 5.02 Å². The smallest absolute Gasteiger partial charge is 0.280 e. The molecule has 0 aliphatic carbocycles. The number of aryl methyl sites for hydroxylation is 1. The van der Waals surface area contributed by atoms with Crippen molar-refractivity contribution in [1.82, 2.24) is 20.0 Å². The van der Waals surface area contributed by atoms with Crippen LogP contribution in [0.15, 0.2) is 40.8 Å². The number of nitrogens with two attached hydrogens (primary N) is 1. The van der Waals surface area contributed by atoms with E-state index in [-0.39, 0.29) is 18.1 Å². The number of nitrogen functional groups attached to an aromatic ring is 1. The van der Waals surface area contributed by atoms with Crippen LogP contribution in [0.4, 0.5) is 11.5 Å². The maximum absolute atomic E-state index is 12.6. The lowest BCUT2D eigenvalue weighted by Gasteiger charge is -2.12. The van der Waals surface area contributed by atoms with Crippen LogP contribution in [0.3, 0.4) is 0 Å². The third kappa shape index (κ3) is 4.71. The van der Waals surface area contributed by atoms with E-state index in [1.807, 2.05) is 0 Å². The Hall–Kier alpha value is -4.25. The van der Waals surface area contributed by atoms with E-state index < -0.39 is 5.91 Å². The fourth-order valence-electron chi connectivity index (χ4n) is 3.39. The Balaban J connectivity index is 1.58. The van der Waals surface area contributed by atoms with Gasteiger partial charge in [-0.05, 0) is 31.2 Å². The third-order valence-electron chi connectivity index (χ3n) is 5.21. The second-order valence-corrected chi connectivity index (χ2v) is 7.76. The van der Waals surface area contributed by atoms with E-state index in [1.165, 1.54) is 26.0 Å². The Kier molecular flexibility index (Phi) is 6.78. The van der Waals surface area contributed by atoms with Crippen molar-refractivity contribution in [2.75, 3.05) is 32.4 Å². The first-order valence-electron chi connectivity index (χ1n) is 10.4. The molecule has 2 aromatic carbocycles. The second kappa shape index (κ2) is 9.94. The molecule has 1 amide bonds. The first kappa shape index (κ1) is 23.9. The van der Waals surface area contributed by atoms with Gasteiger partial charge in [0.25, 0.3) is 5.91 Å². The third-order valence-corrected chi connectivity index (χ3v) is 5.54. The summed E-state index contributed by atoms with van der Waals surface area (Å²) in [5.41, 5.74) is 7.75. The molecule has 182 valence electrons. The summed E-state index contributed by atoms with van der Waals surface area (Å²) in [6, 6.07) is 10.3. The van der Waals surface area contributed by atoms with Crippen molar-refractivity contribution < 1.29 is 23.4 Å². The Morgan fingerprint density at radius 2 is 1.83 bits per heavy atom. The number of para-hydroxylation sites is 1. The van der Waals surface area contributed by atoms with Gasteiger partial charge in [-0.2, -0.15) is 0 Å². The molecule has 2 aromatic heterocycles. The minimum absolute atomic E-state index is 0.0316. The largest absolute Gasteiger partial charge is 0.493 e. The molecule has 12 heteroatoms. The number of amides is 1. The molecular weight excluding hydrogens is 476 g/mol. The quantitative estimate of drug-likeness (QED) is 0.371. The molecular formula is C23H23ClN6O5. The van der Waals surface area contributed by atoms with Crippen molar-refractivity contribution in [1.29, 1.82) is 0 Å². The molecule has 0 aliphatic rings. The van der Waals surface area contributed by atoms with E-state index in [2.05, 4.69) is 20.6 Å². The van der Waals surface area contributed by atoms with Crippen LogP contribution in [0.5, 0.6) is 17.2 Å². The van der Waals surface area contributed by atoms with Gasteiger partial charge in [0.1, 0.15) is 11.5 Å². The summed E-state index contributed by atoms with van der Waals surface area (Å²) in [6.07, 6.45) is 0. The van der Waals surface area contributed by atoms with Crippen molar-refractivity contribution in [2.24, 2.45) is 0 Å². The number of benzene rings is 2. The zero-order valence-electron chi connectivity index (χ0n) is 19.5. The molecule has 4 rings (SSSR count). The van der Waals surface area contributed by atoms with Gasteiger partial charge in [0.15, 0.2) is 23.0 Å². The Labute approximate surface area is 205 Å². The van der Waals surface area contributed by atoms with Gasteiger partial charge in [-0.25, -0.2) is 9.67 Å². The normalized spacial score (nSPS) is 10.8. The Bertz CT molecular complexity index is 1360. The molecule has 0 fully saturated rings. The number of methoxy groups -OCH3 is 3. The maximum Gasteiger partial charge on any atom is 0.280 e. The summed E-state index contributed by atoms with van der Waals surface area (Å²) < 4.78 is 23.4. The van der Waals surface area contributed by atoms with Gasteiger partial charge in [-0.3, -0.25) is 4.79 Å². The van der Waals surface area contributed by atoms with Crippen LogP contribution in [0, 0.1) is 6.92 Å². The number of halogens is 1. The van der Waals surface area contributed by atoms with E-state index in [0.717, 1.165) is 0 Å². The SMILES string of the molecule is COc1cc(-c2nc(Cn3nnc(C(=O)Nc4ccccc4Cl)c3N)c(C)o2)cc(OC)c1OC. The van der Waals surface area contributed by atoms with Crippen molar-refractivity contribution in [3.05, 3.63) is 58.6 Å². The minimum Gasteiger partial charge on any atom is -0.493 e. The van der Waals surface area contributed by atoms with Crippen molar-refractivity contribution >= 4 is 29.0 Å². The van der Waals surface area contributed by atoms with Crippen LogP contribution in [0.25, 0.3) is 11.5 Å². The van der Waals surface area contributed by atoms with Crippen LogP contribution in [0.1, 0.15) is 21.9 Å². The van der Waals surface area contributed by atoms with Crippen molar-refractivity contribution in [2.45, 2.75) is 13.5 Å². The molecule has 11 nitrogen and oxygen atoms in total. The topological polar surface area (TPSA) is 140 Å². The van der Waals surface area contributed by atoms with Gasteiger partial charge in [-0.1, -0.05) is 28.9 Å². The summed E-state index contributed by atoms with van der Waals surface area (Å²) in [4.78, 5) is 17.2. The fraction of sp³-hybridized carbons (Fsp3) is 0.217. The number of hydrogen-bond donors (Lipinski definition) is 2. The molecule has 0 unspecified atom stereocenters. The van der Waals surface area contributed by atoms with Gasteiger partial charge >= 0.3 is 0 Å². The highest BCUT2D eigenvalue weighted by Gasteiger charge is 2.22. The van der Waals surface area contributed by atoms with E-state index in [4.69, 9.17) is 36.0 Å². The van der Waals surface area contributed by atoms with Crippen LogP contribution < -0.4 is 25.3 Å². The fourth-order valence-corrected chi connectivity index (χ4v) is 3.57. The maximum atomic E-state index is 12.6. The highest BCUT2D eigenvalue weighted by atomic mass is 35.5. The highest BCUT2D eigenvalue weighted by Crippen LogP contribution is 2.41. The molecule has 0 saturated carbocycles. The zero-order chi connectivity index (χ0) is 25.1. The number of nitrogens with zero attached hydrogens (tertiary/aromatic N) is 4. The van der Waals surface area contributed by atoms with Crippen LogP contribution in [-0.2, 0) is 6.54 Å². The van der Waals surface area contributed by atoms with E-state index in [0.29, 0.717) is 50.9 Å². The number of ether oxygens (including phenoxy) is 3. The van der Waals surface area contributed by atoms with Gasteiger partial charge in [0.05, 0.1) is 38.6 Å². The molecule has 0 bridgehead atoms. The predicted octanol–water partition coefficient (Wildman–Crippen LogP) is 3.80. The molecule has 4 aromatic rings. The number of nitrogens with one attached hydrogen (secondary N) is 1. The Morgan fingerprint density at radius 3 is 2.46 bits per heavy atom. The number of hydrogen-bond acceptors (Lipinski definition) is 9. The monoisotopic (exact) mass is 498 g/mol. The molecule has 0 saturated heterocycles. The number of carbonyl (C=O) groups excluding carboxylic acids is 1. The average molecular weight is 499 g/mol. The summed E-state index contributed by atoms with van der Waals surface area (Å²) >= 11 is 6.10. The first-order valence-corrected chi connectivity index (χ1v) is 10.8. The number of oxazole rings is 1. The molecule has 0 atom stereocenters. The molecule has 0 aliphatic heterocycles. The lowest BCUT2D eigenvalue weighted by atomic mass is 10.2. The number of carbonyl (C=O) groups is 1. The number of aromatic nitrogens is 4. The molecule has 0 spiro atoms. The lowest BCUT2D eigenvalue weighted by molar-refractivity contribution is 0.102. The highest BCUT2D eigenvalue weighted by molar-refractivity contribution is 6.33. The first-order chi connectivity index (χ1) is 16.9. The van der Waals surface area contributed by atoms with Gasteiger partial charge in [0, 0.05) is 5.56 Å². The molecule has 35 heavy (non-hydrogen) atoms. The summed E-state index contributed by atoms with van der Waals surface area (Å²) in [5, 5.41) is 11.0. The summed E-state index contributed by atoms with van der Waals surface area (Å²) in [7, 11) is 4.58. The standard InChI is InChI=1S/C23H23ClN6O5/c1-12-16(27-23(35-12)13-9-17(32-2)20(34-4)18(10-13)33-3)11-30-21(25)19(28-29-30)22(31)26-15-8-6-5-7-14(15)24/h5-10H,11,25H2,1-4H3,(H,26,31). The predicted molar refractivity (Wildman–Crippen MR) is 129 cm³/mol. The minimum atomic E-state index is -0.531. The average Bonchev–Trinajstić information content (AvgIpc) is 3.41. The van der Waals surface area contributed by atoms with E-state index in [9.17, 15) is 4.79 Å². The van der Waals surface area contributed by atoms with Gasteiger partial charge < -0.3 is 29.7 Å². The van der Waals surface area contributed by atoms with Crippen molar-refractivity contribution in [3.8, 4) is 28.7 Å². The zero-order valence-corrected chi connectivity index (χ0v) is 20.2. The second-order valence-electron chi connectivity index (χ2n) is 7.35. The van der Waals surface area contributed by atoms with E-state index in [1.54, 1.807) is 43.3 Å². The molecule has 0 radical (unpaired) electrons. The molecule has 3 N–H and O–H groups in total.